The van der Waals surface area contributed by atoms with Gasteiger partial charge >= 0.3 is 5.97 Å². The Balaban J connectivity index is 1.46. The molecule has 1 amide bonds. The van der Waals surface area contributed by atoms with Crippen LogP contribution in [0.5, 0.6) is 0 Å². The van der Waals surface area contributed by atoms with E-state index in [-0.39, 0.29) is 19.1 Å². The SMILES string of the molecule is O=C(CNC(=O)c1ccc(Cl)cc1)OCc1cc(-c2ccccc2)on1. The van der Waals surface area contributed by atoms with Crippen molar-refractivity contribution < 1.29 is 18.8 Å². The number of aromatic nitrogens is 1. The molecule has 3 aromatic rings. The Hall–Kier alpha value is -3.12. The van der Waals surface area contributed by atoms with Gasteiger partial charge in [-0.25, -0.2) is 0 Å². The predicted octanol–water partition coefficient (Wildman–Crippen LogP) is 3.47. The lowest BCUT2D eigenvalue weighted by atomic mass is 10.2. The summed E-state index contributed by atoms with van der Waals surface area (Å²) >= 11 is 5.76. The first-order chi connectivity index (χ1) is 12.6. The van der Waals surface area contributed by atoms with Crippen LogP contribution in [-0.4, -0.2) is 23.6 Å². The number of nitrogens with zero attached hydrogens (tertiary/aromatic N) is 1. The van der Waals surface area contributed by atoms with Crippen LogP contribution < -0.4 is 5.32 Å². The second-order valence-electron chi connectivity index (χ2n) is 5.40. The Morgan fingerprint density at radius 2 is 1.81 bits per heavy atom. The molecule has 7 heteroatoms. The van der Waals surface area contributed by atoms with Gasteiger partial charge in [0.2, 0.25) is 0 Å². The van der Waals surface area contributed by atoms with Crippen molar-refractivity contribution in [3.8, 4) is 11.3 Å². The summed E-state index contributed by atoms with van der Waals surface area (Å²) < 4.78 is 10.3. The number of halogens is 1. The minimum atomic E-state index is -0.573. The Morgan fingerprint density at radius 1 is 1.08 bits per heavy atom. The summed E-state index contributed by atoms with van der Waals surface area (Å²) in [5.41, 5.74) is 1.78. The summed E-state index contributed by atoms with van der Waals surface area (Å²) in [6, 6.07) is 17.5. The van der Waals surface area contributed by atoms with Gasteiger partial charge in [0.05, 0.1) is 0 Å². The molecule has 26 heavy (non-hydrogen) atoms. The molecule has 0 saturated heterocycles. The monoisotopic (exact) mass is 370 g/mol. The van der Waals surface area contributed by atoms with Crippen molar-refractivity contribution >= 4 is 23.5 Å². The van der Waals surface area contributed by atoms with Crippen LogP contribution in [0.25, 0.3) is 11.3 Å². The molecule has 1 aromatic heterocycles. The molecule has 1 N–H and O–H groups in total. The van der Waals surface area contributed by atoms with Crippen LogP contribution in [-0.2, 0) is 16.1 Å². The van der Waals surface area contributed by atoms with Crippen LogP contribution in [0.2, 0.25) is 5.02 Å². The quantitative estimate of drug-likeness (QED) is 0.672. The zero-order chi connectivity index (χ0) is 18.4. The maximum Gasteiger partial charge on any atom is 0.325 e. The van der Waals surface area contributed by atoms with Crippen molar-refractivity contribution in [1.82, 2.24) is 10.5 Å². The summed E-state index contributed by atoms with van der Waals surface area (Å²) in [7, 11) is 0. The van der Waals surface area contributed by atoms with E-state index in [1.807, 2.05) is 30.3 Å². The third kappa shape index (κ3) is 4.70. The lowest BCUT2D eigenvalue weighted by Crippen LogP contribution is -2.30. The molecule has 0 saturated carbocycles. The molecule has 6 nitrogen and oxygen atoms in total. The third-order valence-electron chi connectivity index (χ3n) is 3.50. The Morgan fingerprint density at radius 3 is 2.54 bits per heavy atom. The lowest BCUT2D eigenvalue weighted by Gasteiger charge is -2.05. The van der Waals surface area contributed by atoms with Crippen LogP contribution in [0.4, 0.5) is 0 Å². The minimum Gasteiger partial charge on any atom is -0.458 e. The van der Waals surface area contributed by atoms with Gasteiger partial charge in [-0.1, -0.05) is 47.1 Å². The molecule has 0 aliphatic heterocycles. The fraction of sp³-hybridized carbons (Fsp3) is 0.105. The van der Waals surface area contributed by atoms with Crippen molar-refractivity contribution in [2.75, 3.05) is 6.54 Å². The normalized spacial score (nSPS) is 10.3. The van der Waals surface area contributed by atoms with E-state index >= 15 is 0 Å². The van der Waals surface area contributed by atoms with E-state index in [0.717, 1.165) is 5.56 Å². The van der Waals surface area contributed by atoms with E-state index in [0.29, 0.717) is 22.0 Å². The number of esters is 1. The van der Waals surface area contributed by atoms with Gasteiger partial charge in [0.25, 0.3) is 5.91 Å². The molecule has 0 atom stereocenters. The molecule has 1 heterocycles. The fourth-order valence-electron chi connectivity index (χ4n) is 2.18. The highest BCUT2D eigenvalue weighted by Crippen LogP contribution is 2.19. The van der Waals surface area contributed by atoms with Crippen molar-refractivity contribution in [1.29, 1.82) is 0 Å². The van der Waals surface area contributed by atoms with Crippen LogP contribution >= 0.6 is 11.6 Å². The summed E-state index contributed by atoms with van der Waals surface area (Å²) in [5, 5.41) is 6.88. The zero-order valence-electron chi connectivity index (χ0n) is 13.6. The van der Waals surface area contributed by atoms with Crippen LogP contribution in [0.1, 0.15) is 16.1 Å². The molecule has 0 aliphatic rings. The van der Waals surface area contributed by atoms with Gasteiger partial charge in [0.1, 0.15) is 18.8 Å². The maximum atomic E-state index is 11.9. The average Bonchev–Trinajstić information content (AvgIpc) is 3.15. The second kappa shape index (κ2) is 8.31. The van der Waals surface area contributed by atoms with Gasteiger partial charge in [0, 0.05) is 22.2 Å². The van der Waals surface area contributed by atoms with E-state index in [4.69, 9.17) is 20.9 Å². The molecule has 0 bridgehead atoms. The van der Waals surface area contributed by atoms with Gasteiger partial charge < -0.3 is 14.6 Å². The number of hydrogen-bond acceptors (Lipinski definition) is 5. The van der Waals surface area contributed by atoms with Gasteiger partial charge in [-0.2, -0.15) is 0 Å². The topological polar surface area (TPSA) is 81.4 Å². The van der Waals surface area contributed by atoms with E-state index in [1.54, 1.807) is 30.3 Å². The minimum absolute atomic E-state index is 0.0357. The molecular formula is C19H15ClN2O4. The van der Waals surface area contributed by atoms with Gasteiger partial charge in [-0.3, -0.25) is 9.59 Å². The summed E-state index contributed by atoms with van der Waals surface area (Å²) in [4.78, 5) is 23.7. The number of nitrogens with one attached hydrogen (secondary N) is 1. The summed E-state index contributed by atoms with van der Waals surface area (Å²) in [6.45, 7) is -0.281. The Kier molecular flexibility index (Phi) is 5.66. The molecule has 0 spiro atoms. The number of benzene rings is 2. The highest BCUT2D eigenvalue weighted by molar-refractivity contribution is 6.30. The lowest BCUT2D eigenvalue weighted by molar-refractivity contribution is -0.143. The first-order valence-corrected chi connectivity index (χ1v) is 8.20. The van der Waals surface area contributed by atoms with Crippen molar-refractivity contribution in [3.05, 3.63) is 76.9 Å². The first-order valence-electron chi connectivity index (χ1n) is 7.82. The molecule has 3 rings (SSSR count). The highest BCUT2D eigenvalue weighted by atomic mass is 35.5. The average molecular weight is 371 g/mol. The first kappa shape index (κ1) is 17.7. The number of carbonyl (C=O) groups excluding carboxylic acids is 2. The van der Waals surface area contributed by atoms with E-state index in [2.05, 4.69) is 10.5 Å². The number of amides is 1. The number of ether oxygens (including phenoxy) is 1. The molecule has 2 aromatic carbocycles. The van der Waals surface area contributed by atoms with Crippen LogP contribution in [0, 0.1) is 0 Å². The molecular weight excluding hydrogens is 356 g/mol. The van der Waals surface area contributed by atoms with E-state index in [9.17, 15) is 9.59 Å². The number of carbonyl (C=O) groups is 2. The highest BCUT2D eigenvalue weighted by Gasteiger charge is 2.11. The second-order valence-corrected chi connectivity index (χ2v) is 5.84. The number of hydrogen-bond donors (Lipinski definition) is 1. The Bertz CT molecular complexity index is 891. The third-order valence-corrected chi connectivity index (χ3v) is 3.75. The predicted molar refractivity (Wildman–Crippen MR) is 95.5 cm³/mol. The largest absolute Gasteiger partial charge is 0.458 e. The Labute approximate surface area is 154 Å². The van der Waals surface area contributed by atoms with Crippen LogP contribution in [0.3, 0.4) is 0 Å². The zero-order valence-corrected chi connectivity index (χ0v) is 14.4. The number of rotatable bonds is 6. The summed E-state index contributed by atoms with van der Waals surface area (Å²) in [5.74, 6) is -0.365. The van der Waals surface area contributed by atoms with Gasteiger partial charge in [-0.15, -0.1) is 0 Å². The molecule has 132 valence electrons. The van der Waals surface area contributed by atoms with E-state index < -0.39 is 5.97 Å². The van der Waals surface area contributed by atoms with Crippen molar-refractivity contribution in [2.45, 2.75) is 6.61 Å². The molecule has 0 radical (unpaired) electrons. The maximum absolute atomic E-state index is 11.9. The molecule has 0 fully saturated rings. The van der Waals surface area contributed by atoms with Crippen LogP contribution in [0.15, 0.2) is 65.2 Å². The van der Waals surface area contributed by atoms with Crippen molar-refractivity contribution in [2.24, 2.45) is 0 Å². The van der Waals surface area contributed by atoms with Gasteiger partial charge in [-0.05, 0) is 24.3 Å². The fourth-order valence-corrected chi connectivity index (χ4v) is 2.31. The summed E-state index contributed by atoms with van der Waals surface area (Å²) in [6.07, 6.45) is 0. The van der Waals surface area contributed by atoms with E-state index in [1.165, 1.54) is 0 Å². The van der Waals surface area contributed by atoms with Gasteiger partial charge in [0.15, 0.2) is 5.76 Å². The molecule has 0 aliphatic carbocycles. The standard InChI is InChI=1S/C19H15ClN2O4/c20-15-8-6-14(7-9-15)19(24)21-11-18(23)25-12-16-10-17(26-22-16)13-4-2-1-3-5-13/h1-10H,11-12H2,(H,21,24). The molecule has 0 unspecified atom stereocenters. The smallest absolute Gasteiger partial charge is 0.325 e. The van der Waals surface area contributed by atoms with Crippen molar-refractivity contribution in [3.63, 3.8) is 0 Å².